The molecule has 1 fully saturated rings. The highest BCUT2D eigenvalue weighted by Crippen LogP contribution is 2.26. The quantitative estimate of drug-likeness (QED) is 0.535. The van der Waals surface area contributed by atoms with E-state index in [0.29, 0.717) is 13.1 Å². The van der Waals surface area contributed by atoms with E-state index in [9.17, 15) is 4.39 Å². The Hall–Kier alpha value is -1.86. The molecule has 0 amide bonds. The van der Waals surface area contributed by atoms with Gasteiger partial charge >= 0.3 is 0 Å². The monoisotopic (exact) mass is 380 g/mol. The molecular formula is C20H33FN4O2. The third-order valence-corrected chi connectivity index (χ3v) is 4.97. The van der Waals surface area contributed by atoms with E-state index in [1.807, 2.05) is 13.8 Å². The van der Waals surface area contributed by atoms with Gasteiger partial charge in [0.1, 0.15) is 6.10 Å². The lowest BCUT2D eigenvalue weighted by Gasteiger charge is -2.41. The van der Waals surface area contributed by atoms with Crippen molar-refractivity contribution in [3.8, 4) is 5.75 Å². The second-order valence-electron chi connectivity index (χ2n) is 7.17. The number of ether oxygens (including phenoxy) is 2. The summed E-state index contributed by atoms with van der Waals surface area (Å²) in [5, 5.41) is 6.57. The van der Waals surface area contributed by atoms with E-state index in [-0.39, 0.29) is 23.2 Å². The lowest BCUT2D eigenvalue weighted by Crippen LogP contribution is -2.52. The van der Waals surface area contributed by atoms with Crippen LogP contribution >= 0.6 is 0 Å². The Morgan fingerprint density at radius 3 is 2.63 bits per heavy atom. The summed E-state index contributed by atoms with van der Waals surface area (Å²) >= 11 is 0. The first-order chi connectivity index (χ1) is 13.0. The molecule has 1 saturated heterocycles. The van der Waals surface area contributed by atoms with Crippen molar-refractivity contribution in [2.45, 2.75) is 38.3 Å². The summed E-state index contributed by atoms with van der Waals surface area (Å²) in [6, 6.07) is 6.45. The minimum Gasteiger partial charge on any atom is -0.486 e. The van der Waals surface area contributed by atoms with Gasteiger partial charge in [0.25, 0.3) is 0 Å². The van der Waals surface area contributed by atoms with E-state index < -0.39 is 0 Å². The van der Waals surface area contributed by atoms with Crippen LogP contribution in [-0.2, 0) is 4.74 Å². The molecule has 1 aliphatic rings. The van der Waals surface area contributed by atoms with Crippen LogP contribution in [0.4, 0.5) is 4.39 Å². The Bertz CT molecular complexity index is 603. The van der Waals surface area contributed by atoms with Gasteiger partial charge in [-0.1, -0.05) is 12.1 Å². The lowest BCUT2D eigenvalue weighted by atomic mass is 9.89. The fraction of sp³-hybridized carbons (Fsp3) is 0.650. The molecule has 0 bridgehead atoms. The molecule has 0 radical (unpaired) electrons. The SMILES string of the molecule is CCNC(=NCC1(N(C)C)CCOCC1)NCC(C)Oc1ccccc1F. The molecule has 7 heteroatoms. The molecule has 27 heavy (non-hydrogen) atoms. The van der Waals surface area contributed by atoms with Crippen molar-refractivity contribution in [2.24, 2.45) is 4.99 Å². The predicted octanol–water partition coefficient (Wildman–Crippen LogP) is 2.26. The zero-order valence-electron chi connectivity index (χ0n) is 16.9. The maximum Gasteiger partial charge on any atom is 0.191 e. The van der Waals surface area contributed by atoms with E-state index in [4.69, 9.17) is 14.5 Å². The summed E-state index contributed by atoms with van der Waals surface area (Å²) in [6.07, 6.45) is 1.74. The lowest BCUT2D eigenvalue weighted by molar-refractivity contribution is -0.00255. The first kappa shape index (κ1) is 21.4. The van der Waals surface area contributed by atoms with Crippen LogP contribution in [0.25, 0.3) is 0 Å². The number of hydrogen-bond donors (Lipinski definition) is 2. The average molecular weight is 381 g/mol. The topological polar surface area (TPSA) is 58.1 Å². The van der Waals surface area contributed by atoms with Crippen molar-refractivity contribution in [3.05, 3.63) is 30.1 Å². The molecule has 6 nitrogen and oxygen atoms in total. The standard InChI is InChI=1S/C20H33FN4O2/c1-5-22-19(24-15-20(25(3)4)10-12-26-13-11-20)23-14-16(2)27-18-9-7-6-8-17(18)21/h6-9,16H,5,10-15H2,1-4H3,(H2,22,23,24). The number of hydrogen-bond acceptors (Lipinski definition) is 4. The van der Waals surface area contributed by atoms with Crippen LogP contribution in [-0.4, -0.2) is 69.4 Å². The van der Waals surface area contributed by atoms with Crippen molar-refractivity contribution in [1.82, 2.24) is 15.5 Å². The van der Waals surface area contributed by atoms with E-state index in [0.717, 1.165) is 38.6 Å². The molecule has 2 N–H and O–H groups in total. The van der Waals surface area contributed by atoms with Gasteiger partial charge in [0.05, 0.1) is 13.1 Å². The highest BCUT2D eigenvalue weighted by atomic mass is 19.1. The van der Waals surface area contributed by atoms with Crippen LogP contribution in [0.2, 0.25) is 0 Å². The van der Waals surface area contributed by atoms with E-state index in [1.165, 1.54) is 6.07 Å². The average Bonchev–Trinajstić information content (AvgIpc) is 2.66. The Labute approximate surface area is 162 Å². The summed E-state index contributed by atoms with van der Waals surface area (Å²) < 4.78 is 24.9. The normalized spacial score (nSPS) is 18.2. The minimum absolute atomic E-state index is 0.0237. The van der Waals surface area contributed by atoms with E-state index >= 15 is 0 Å². The fourth-order valence-corrected chi connectivity index (χ4v) is 3.11. The van der Waals surface area contributed by atoms with Gasteiger partial charge in [0.2, 0.25) is 0 Å². The minimum atomic E-state index is -0.350. The Morgan fingerprint density at radius 1 is 1.30 bits per heavy atom. The number of guanidine groups is 1. The van der Waals surface area contributed by atoms with Crippen molar-refractivity contribution in [2.75, 3.05) is 46.9 Å². The molecule has 1 atom stereocenters. The van der Waals surface area contributed by atoms with Crippen molar-refractivity contribution in [3.63, 3.8) is 0 Å². The number of benzene rings is 1. The third-order valence-electron chi connectivity index (χ3n) is 4.97. The van der Waals surface area contributed by atoms with E-state index in [1.54, 1.807) is 18.2 Å². The van der Waals surface area contributed by atoms with Crippen LogP contribution in [0.15, 0.2) is 29.3 Å². The van der Waals surface area contributed by atoms with Crippen LogP contribution < -0.4 is 15.4 Å². The van der Waals surface area contributed by atoms with Crippen molar-refractivity contribution in [1.29, 1.82) is 0 Å². The van der Waals surface area contributed by atoms with Gasteiger partial charge in [-0.15, -0.1) is 0 Å². The predicted molar refractivity (Wildman–Crippen MR) is 107 cm³/mol. The molecule has 1 aromatic carbocycles. The Balaban J connectivity index is 1.93. The summed E-state index contributed by atoms with van der Waals surface area (Å²) in [4.78, 5) is 7.05. The second-order valence-corrected chi connectivity index (χ2v) is 7.17. The number of nitrogens with zero attached hydrogens (tertiary/aromatic N) is 2. The highest BCUT2D eigenvalue weighted by molar-refractivity contribution is 5.79. The molecule has 1 unspecified atom stereocenters. The molecule has 0 aliphatic carbocycles. The molecule has 152 valence electrons. The maximum absolute atomic E-state index is 13.7. The van der Waals surface area contributed by atoms with Gasteiger partial charge in [0.15, 0.2) is 17.5 Å². The van der Waals surface area contributed by atoms with E-state index in [2.05, 4.69) is 29.6 Å². The highest BCUT2D eigenvalue weighted by Gasteiger charge is 2.34. The zero-order valence-corrected chi connectivity index (χ0v) is 16.9. The first-order valence-electron chi connectivity index (χ1n) is 9.65. The van der Waals surface area contributed by atoms with Gasteiger partial charge in [-0.2, -0.15) is 0 Å². The number of nitrogens with one attached hydrogen (secondary N) is 2. The Kier molecular flexibility index (Phi) is 8.31. The van der Waals surface area contributed by atoms with Crippen LogP contribution in [0.3, 0.4) is 0 Å². The summed E-state index contributed by atoms with van der Waals surface area (Å²) in [6.45, 7) is 7.47. The van der Waals surface area contributed by atoms with Gasteiger partial charge in [-0.05, 0) is 52.9 Å². The second kappa shape index (κ2) is 10.5. The molecule has 0 saturated carbocycles. The maximum atomic E-state index is 13.7. The summed E-state index contributed by atoms with van der Waals surface area (Å²) in [5.41, 5.74) is 0.0237. The van der Waals surface area contributed by atoms with Crippen LogP contribution in [0, 0.1) is 5.82 Å². The van der Waals surface area contributed by atoms with Gasteiger partial charge in [-0.25, -0.2) is 4.39 Å². The van der Waals surface area contributed by atoms with Gasteiger partial charge < -0.3 is 25.0 Å². The van der Waals surface area contributed by atoms with Gasteiger partial charge in [-0.3, -0.25) is 4.99 Å². The van der Waals surface area contributed by atoms with Crippen LogP contribution in [0.1, 0.15) is 26.7 Å². The number of likely N-dealkylation sites (N-methyl/N-ethyl adjacent to an activating group) is 1. The number of rotatable bonds is 8. The smallest absolute Gasteiger partial charge is 0.191 e. The molecule has 1 aromatic rings. The van der Waals surface area contributed by atoms with Crippen LogP contribution in [0.5, 0.6) is 5.75 Å². The van der Waals surface area contributed by atoms with Crippen molar-refractivity contribution < 1.29 is 13.9 Å². The molecule has 0 spiro atoms. The zero-order chi connectivity index (χ0) is 19.7. The number of para-hydroxylation sites is 1. The Morgan fingerprint density at radius 2 is 2.00 bits per heavy atom. The number of halogens is 1. The summed E-state index contributed by atoms with van der Waals surface area (Å²) in [7, 11) is 4.21. The molecule has 1 aliphatic heterocycles. The molecule has 1 heterocycles. The molecular weight excluding hydrogens is 347 g/mol. The molecule has 0 aromatic heterocycles. The first-order valence-corrected chi connectivity index (χ1v) is 9.65. The fourth-order valence-electron chi connectivity index (χ4n) is 3.11. The van der Waals surface area contributed by atoms with Gasteiger partial charge in [0, 0.05) is 25.3 Å². The summed E-state index contributed by atoms with van der Waals surface area (Å²) in [5.74, 6) is 0.661. The largest absolute Gasteiger partial charge is 0.486 e. The molecule has 2 rings (SSSR count). The van der Waals surface area contributed by atoms with Crippen molar-refractivity contribution >= 4 is 5.96 Å². The third kappa shape index (κ3) is 6.36. The number of aliphatic imine (C=N–C) groups is 1.